The fourth-order valence-corrected chi connectivity index (χ4v) is 6.11. The number of imide groups is 1. The third-order valence-electron chi connectivity index (χ3n) is 7.31. The Hall–Kier alpha value is -3.80. The summed E-state index contributed by atoms with van der Waals surface area (Å²) in [6.45, 7) is 1.89. The maximum absolute atomic E-state index is 13.9. The van der Waals surface area contributed by atoms with Crippen molar-refractivity contribution < 1.29 is 14.5 Å². The van der Waals surface area contributed by atoms with Crippen LogP contribution in [0, 0.1) is 21.4 Å². The van der Waals surface area contributed by atoms with Gasteiger partial charge in [-0.25, -0.2) is 4.90 Å². The molecular formula is C25H18N2O4. The first kappa shape index (κ1) is 18.0. The summed E-state index contributed by atoms with van der Waals surface area (Å²) in [6.07, 6.45) is 0. The predicted octanol–water partition coefficient (Wildman–Crippen LogP) is 4.38. The normalized spacial score (nSPS) is 27.6. The van der Waals surface area contributed by atoms with Gasteiger partial charge in [0.1, 0.15) is 0 Å². The zero-order valence-electron chi connectivity index (χ0n) is 16.7. The molecule has 1 saturated heterocycles. The average molecular weight is 410 g/mol. The Labute approximate surface area is 178 Å². The van der Waals surface area contributed by atoms with Gasteiger partial charge in [0.15, 0.2) is 0 Å². The number of amides is 2. The largest absolute Gasteiger partial charge is 0.274 e. The van der Waals surface area contributed by atoms with E-state index in [2.05, 4.69) is 24.3 Å². The number of nitro groups is 1. The standard InChI is InChI=1S/C25H18N2O4/c1-25-21-18-11-4-2-9-16(18)20(17-10-3-5-12-19(17)21)22(25)23(28)26(24(25)29)14-7-6-8-15(13-14)27(30)31/h2-13,20-22H,1H3/t20?,21?,22-,25-/m0/s1. The molecule has 3 aromatic rings. The molecule has 6 heteroatoms. The first-order valence-electron chi connectivity index (χ1n) is 10.2. The fourth-order valence-electron chi connectivity index (χ4n) is 6.11. The van der Waals surface area contributed by atoms with Crippen LogP contribution < -0.4 is 4.90 Å². The van der Waals surface area contributed by atoms with Crippen LogP contribution in [0.1, 0.15) is 41.0 Å². The molecule has 2 amide bonds. The molecule has 6 nitrogen and oxygen atoms in total. The average Bonchev–Trinajstić information content (AvgIpc) is 2.99. The minimum absolute atomic E-state index is 0.146. The van der Waals surface area contributed by atoms with Crippen LogP contribution in [0.2, 0.25) is 0 Å². The second-order valence-electron chi connectivity index (χ2n) is 8.68. The highest BCUT2D eigenvalue weighted by Gasteiger charge is 2.68. The van der Waals surface area contributed by atoms with Crippen molar-refractivity contribution in [2.45, 2.75) is 18.8 Å². The number of hydrogen-bond donors (Lipinski definition) is 0. The lowest BCUT2D eigenvalue weighted by Crippen LogP contribution is -2.49. The molecule has 4 aliphatic rings. The molecule has 2 atom stereocenters. The fraction of sp³-hybridized carbons (Fsp3) is 0.200. The lowest BCUT2D eigenvalue weighted by molar-refractivity contribution is -0.384. The highest BCUT2D eigenvalue weighted by molar-refractivity contribution is 6.25. The number of hydrogen-bond acceptors (Lipinski definition) is 4. The Morgan fingerprint density at radius 1 is 0.871 bits per heavy atom. The first-order chi connectivity index (χ1) is 14.9. The van der Waals surface area contributed by atoms with Crippen LogP contribution in [0.5, 0.6) is 0 Å². The minimum atomic E-state index is -0.949. The second-order valence-corrected chi connectivity index (χ2v) is 8.68. The van der Waals surface area contributed by atoms with E-state index in [1.54, 1.807) is 6.07 Å². The van der Waals surface area contributed by atoms with Crippen LogP contribution in [0.4, 0.5) is 11.4 Å². The molecule has 3 aromatic carbocycles. The quantitative estimate of drug-likeness (QED) is 0.357. The molecule has 152 valence electrons. The predicted molar refractivity (Wildman–Crippen MR) is 114 cm³/mol. The van der Waals surface area contributed by atoms with Gasteiger partial charge in [-0.05, 0) is 35.2 Å². The minimum Gasteiger partial charge on any atom is -0.274 e. The monoisotopic (exact) mass is 410 g/mol. The van der Waals surface area contributed by atoms with Gasteiger partial charge in [0, 0.05) is 24.0 Å². The molecule has 0 unspecified atom stereocenters. The van der Waals surface area contributed by atoms with Crippen molar-refractivity contribution in [1.29, 1.82) is 0 Å². The highest BCUT2D eigenvalue weighted by atomic mass is 16.6. The SMILES string of the molecule is C[C@@]12C(=O)N(c3cccc([N+](=O)[O-])c3)C(=O)[C@@H]1C1c3ccccc3C2c2ccccc21. The van der Waals surface area contributed by atoms with E-state index in [1.807, 2.05) is 31.2 Å². The van der Waals surface area contributed by atoms with Crippen LogP contribution in [0.25, 0.3) is 0 Å². The van der Waals surface area contributed by atoms with Crippen molar-refractivity contribution in [2.75, 3.05) is 4.90 Å². The van der Waals surface area contributed by atoms with Crippen molar-refractivity contribution in [3.8, 4) is 0 Å². The van der Waals surface area contributed by atoms with Gasteiger partial charge in [-0.2, -0.15) is 0 Å². The number of non-ortho nitro benzene ring substituents is 1. The highest BCUT2D eigenvalue weighted by Crippen LogP contribution is 2.67. The molecule has 7 rings (SSSR count). The molecule has 0 saturated carbocycles. The summed E-state index contributed by atoms with van der Waals surface area (Å²) >= 11 is 0. The number of rotatable bonds is 2. The Bertz CT molecular complexity index is 1270. The molecule has 1 heterocycles. The van der Waals surface area contributed by atoms with Gasteiger partial charge in [-0.1, -0.05) is 54.6 Å². The summed E-state index contributed by atoms with van der Waals surface area (Å²) in [5.74, 6) is -1.58. The summed E-state index contributed by atoms with van der Waals surface area (Å²) in [5.41, 5.74) is 3.53. The summed E-state index contributed by atoms with van der Waals surface area (Å²) < 4.78 is 0. The van der Waals surface area contributed by atoms with Crippen LogP contribution in [-0.2, 0) is 9.59 Å². The van der Waals surface area contributed by atoms with Crippen LogP contribution in [0.3, 0.4) is 0 Å². The zero-order chi connectivity index (χ0) is 21.5. The molecule has 0 radical (unpaired) electrons. The molecule has 31 heavy (non-hydrogen) atoms. The molecule has 1 fully saturated rings. The lowest BCUT2D eigenvalue weighted by atomic mass is 9.48. The summed E-state index contributed by atoms with van der Waals surface area (Å²) in [7, 11) is 0. The third kappa shape index (κ3) is 2.06. The van der Waals surface area contributed by atoms with Gasteiger partial charge in [0.25, 0.3) is 5.69 Å². The molecule has 2 bridgehead atoms. The van der Waals surface area contributed by atoms with E-state index in [4.69, 9.17) is 0 Å². The first-order valence-corrected chi connectivity index (χ1v) is 10.2. The summed E-state index contributed by atoms with van der Waals surface area (Å²) in [5, 5.41) is 11.3. The lowest BCUT2D eigenvalue weighted by Gasteiger charge is -2.51. The number of nitro benzene ring substituents is 1. The van der Waals surface area contributed by atoms with E-state index in [9.17, 15) is 19.7 Å². The Morgan fingerprint density at radius 3 is 2.03 bits per heavy atom. The molecular weight excluding hydrogens is 392 g/mol. The van der Waals surface area contributed by atoms with Gasteiger partial charge in [-0.15, -0.1) is 0 Å². The van der Waals surface area contributed by atoms with Crippen LogP contribution >= 0.6 is 0 Å². The molecule has 0 spiro atoms. The van der Waals surface area contributed by atoms with E-state index in [1.165, 1.54) is 23.1 Å². The van der Waals surface area contributed by atoms with Crippen LogP contribution in [0.15, 0.2) is 72.8 Å². The number of benzene rings is 3. The van der Waals surface area contributed by atoms with Gasteiger partial charge >= 0.3 is 0 Å². The zero-order valence-corrected chi connectivity index (χ0v) is 16.7. The van der Waals surface area contributed by atoms with E-state index in [0.29, 0.717) is 0 Å². The van der Waals surface area contributed by atoms with Crippen molar-refractivity contribution >= 4 is 23.2 Å². The Balaban J connectivity index is 1.59. The van der Waals surface area contributed by atoms with Crippen LogP contribution in [-0.4, -0.2) is 16.7 Å². The van der Waals surface area contributed by atoms with E-state index >= 15 is 0 Å². The number of carbonyl (C=O) groups is 2. The maximum atomic E-state index is 13.9. The maximum Gasteiger partial charge on any atom is 0.271 e. The van der Waals surface area contributed by atoms with Crippen molar-refractivity contribution in [2.24, 2.45) is 11.3 Å². The molecule has 1 aliphatic heterocycles. The third-order valence-corrected chi connectivity index (χ3v) is 7.31. The van der Waals surface area contributed by atoms with E-state index in [0.717, 1.165) is 22.3 Å². The summed E-state index contributed by atoms with van der Waals surface area (Å²) in [4.78, 5) is 39.6. The molecule has 3 aliphatic carbocycles. The Kier molecular flexibility index (Phi) is 3.41. The number of carbonyl (C=O) groups excluding carboxylic acids is 2. The van der Waals surface area contributed by atoms with Gasteiger partial charge < -0.3 is 0 Å². The van der Waals surface area contributed by atoms with Gasteiger partial charge in [0.2, 0.25) is 11.8 Å². The van der Waals surface area contributed by atoms with Crippen molar-refractivity contribution in [3.05, 3.63) is 105 Å². The molecule has 0 N–H and O–H groups in total. The Morgan fingerprint density at radius 2 is 1.45 bits per heavy atom. The second kappa shape index (κ2) is 5.88. The number of anilines is 1. The van der Waals surface area contributed by atoms with Gasteiger partial charge in [-0.3, -0.25) is 19.7 Å². The van der Waals surface area contributed by atoms with Gasteiger partial charge in [0.05, 0.1) is 21.9 Å². The van der Waals surface area contributed by atoms with Crippen molar-refractivity contribution in [3.63, 3.8) is 0 Å². The van der Waals surface area contributed by atoms with Crippen molar-refractivity contribution in [1.82, 2.24) is 0 Å². The van der Waals surface area contributed by atoms with E-state index < -0.39 is 16.3 Å². The molecule has 0 aromatic heterocycles. The smallest absolute Gasteiger partial charge is 0.271 e. The van der Waals surface area contributed by atoms with E-state index in [-0.39, 0.29) is 35.0 Å². The summed E-state index contributed by atoms with van der Waals surface area (Å²) in [6, 6.07) is 21.9. The number of nitrogens with zero attached hydrogens (tertiary/aromatic N) is 2. The topological polar surface area (TPSA) is 80.5 Å².